The summed E-state index contributed by atoms with van der Waals surface area (Å²) in [7, 11) is 0. The molecule has 7 heteroatoms. The first-order chi connectivity index (χ1) is 8.81. The van der Waals surface area contributed by atoms with Crippen LogP contribution in [0.3, 0.4) is 0 Å². The van der Waals surface area contributed by atoms with Gasteiger partial charge >= 0.3 is 0 Å². The second-order valence-electron chi connectivity index (χ2n) is 3.95. The summed E-state index contributed by atoms with van der Waals surface area (Å²) >= 11 is 0. The molecule has 0 aliphatic heterocycles. The van der Waals surface area contributed by atoms with Gasteiger partial charge in [-0.05, 0) is 22.8 Å². The number of hydrogen-bond acceptors (Lipinski definition) is 6. The summed E-state index contributed by atoms with van der Waals surface area (Å²) in [5, 5.41) is 7.40. The van der Waals surface area contributed by atoms with Crippen LogP contribution in [-0.2, 0) is 6.54 Å². The Morgan fingerprint density at radius 1 is 1.39 bits per heavy atom. The van der Waals surface area contributed by atoms with Gasteiger partial charge in [-0.2, -0.15) is 0 Å². The van der Waals surface area contributed by atoms with Gasteiger partial charge in [-0.25, -0.2) is 9.61 Å². The van der Waals surface area contributed by atoms with Crippen LogP contribution in [0.15, 0.2) is 23.1 Å². The van der Waals surface area contributed by atoms with Crippen molar-refractivity contribution in [1.82, 2.24) is 24.8 Å². The van der Waals surface area contributed by atoms with Crippen LogP contribution >= 0.6 is 0 Å². The first-order valence-corrected chi connectivity index (χ1v) is 5.70. The lowest BCUT2D eigenvalue weighted by Gasteiger charge is -2.04. The molecule has 0 aromatic carbocycles. The van der Waals surface area contributed by atoms with Gasteiger partial charge in [0.2, 0.25) is 0 Å². The summed E-state index contributed by atoms with van der Waals surface area (Å²) in [6, 6.07) is 1.92. The highest BCUT2D eigenvalue weighted by Gasteiger charge is 2.18. The second kappa shape index (κ2) is 4.10. The highest BCUT2D eigenvalue weighted by molar-refractivity contribution is 5.80. The van der Waals surface area contributed by atoms with Gasteiger partial charge in [-0.1, -0.05) is 6.92 Å². The van der Waals surface area contributed by atoms with Gasteiger partial charge in [0.05, 0.1) is 11.7 Å². The predicted molar refractivity (Wildman–Crippen MR) is 65.5 cm³/mol. The quantitative estimate of drug-likeness (QED) is 0.749. The molecule has 0 spiro atoms. The summed E-state index contributed by atoms with van der Waals surface area (Å²) < 4.78 is 6.68. The fraction of sp³-hybridized carbons (Fsp3) is 0.273. The number of hydrogen-bond donors (Lipinski definition) is 1. The smallest absolute Gasteiger partial charge is 0.199 e. The molecule has 0 saturated carbocycles. The molecular weight excluding hydrogens is 232 g/mol. The summed E-state index contributed by atoms with van der Waals surface area (Å²) in [4.78, 5) is 8.56. The molecule has 18 heavy (non-hydrogen) atoms. The van der Waals surface area contributed by atoms with Crippen molar-refractivity contribution in [3.05, 3.63) is 18.5 Å². The third-order valence-electron chi connectivity index (χ3n) is 2.72. The van der Waals surface area contributed by atoms with Crippen molar-refractivity contribution in [3.8, 4) is 11.5 Å². The number of nitrogen functional groups attached to an aromatic ring is 1. The number of aromatic nitrogens is 5. The SMILES string of the molecule is CCCn1c(-c2nonc2N)nc2cnccc21. The molecule has 3 rings (SSSR count). The molecule has 92 valence electrons. The summed E-state index contributed by atoms with van der Waals surface area (Å²) in [6.07, 6.45) is 4.44. The first kappa shape index (κ1) is 10.7. The van der Waals surface area contributed by atoms with E-state index in [1.807, 2.05) is 10.6 Å². The zero-order valence-corrected chi connectivity index (χ0v) is 9.87. The van der Waals surface area contributed by atoms with E-state index in [-0.39, 0.29) is 5.82 Å². The minimum Gasteiger partial charge on any atom is -0.379 e. The Balaban J connectivity index is 2.28. The van der Waals surface area contributed by atoms with Gasteiger partial charge in [0, 0.05) is 12.7 Å². The Bertz CT molecular complexity index is 686. The molecule has 0 saturated heterocycles. The molecule has 3 aromatic heterocycles. The maximum Gasteiger partial charge on any atom is 0.199 e. The van der Waals surface area contributed by atoms with Crippen molar-refractivity contribution in [3.63, 3.8) is 0 Å². The summed E-state index contributed by atoms with van der Waals surface area (Å²) in [5.41, 5.74) is 8.01. The predicted octanol–water partition coefficient (Wildman–Crippen LogP) is 1.47. The molecule has 3 heterocycles. The lowest BCUT2D eigenvalue weighted by molar-refractivity contribution is 0.310. The van der Waals surface area contributed by atoms with E-state index < -0.39 is 0 Å². The Hall–Kier alpha value is -2.44. The number of anilines is 1. The van der Waals surface area contributed by atoms with Crippen LogP contribution in [0.5, 0.6) is 0 Å². The number of pyridine rings is 1. The van der Waals surface area contributed by atoms with Gasteiger partial charge < -0.3 is 10.3 Å². The van der Waals surface area contributed by atoms with E-state index in [9.17, 15) is 0 Å². The van der Waals surface area contributed by atoms with Crippen molar-refractivity contribution >= 4 is 16.9 Å². The highest BCUT2D eigenvalue weighted by Crippen LogP contribution is 2.26. The maximum absolute atomic E-state index is 5.72. The lowest BCUT2D eigenvalue weighted by atomic mass is 10.3. The van der Waals surface area contributed by atoms with Gasteiger partial charge in [-0.3, -0.25) is 4.98 Å². The number of nitrogens with two attached hydrogens (primary N) is 1. The average Bonchev–Trinajstić information content (AvgIpc) is 2.94. The minimum atomic E-state index is 0.246. The number of imidazole rings is 1. The fourth-order valence-corrected chi connectivity index (χ4v) is 1.96. The Labute approximate surface area is 103 Å². The van der Waals surface area contributed by atoms with Gasteiger partial charge in [0.15, 0.2) is 17.3 Å². The van der Waals surface area contributed by atoms with Crippen LogP contribution in [0.4, 0.5) is 5.82 Å². The van der Waals surface area contributed by atoms with Crippen molar-refractivity contribution < 1.29 is 4.63 Å². The molecule has 0 bridgehead atoms. The maximum atomic E-state index is 5.72. The van der Waals surface area contributed by atoms with Crippen LogP contribution in [-0.4, -0.2) is 24.8 Å². The second-order valence-corrected chi connectivity index (χ2v) is 3.95. The summed E-state index contributed by atoms with van der Waals surface area (Å²) in [5.74, 6) is 0.911. The number of nitrogens with zero attached hydrogens (tertiary/aromatic N) is 5. The number of aryl methyl sites for hydroxylation is 1. The largest absolute Gasteiger partial charge is 0.379 e. The molecule has 2 N–H and O–H groups in total. The zero-order chi connectivity index (χ0) is 12.5. The van der Waals surface area contributed by atoms with E-state index in [0.717, 1.165) is 24.0 Å². The summed E-state index contributed by atoms with van der Waals surface area (Å²) in [6.45, 7) is 2.92. The van der Waals surface area contributed by atoms with E-state index in [0.29, 0.717) is 11.5 Å². The molecule has 0 aliphatic rings. The van der Waals surface area contributed by atoms with E-state index in [1.165, 1.54) is 0 Å². The zero-order valence-electron chi connectivity index (χ0n) is 9.87. The van der Waals surface area contributed by atoms with Crippen molar-refractivity contribution in [2.24, 2.45) is 0 Å². The molecule has 0 radical (unpaired) electrons. The third-order valence-corrected chi connectivity index (χ3v) is 2.72. The Morgan fingerprint density at radius 3 is 3.00 bits per heavy atom. The normalized spacial score (nSPS) is 11.2. The topological polar surface area (TPSA) is 95.7 Å². The van der Waals surface area contributed by atoms with Crippen molar-refractivity contribution in [2.45, 2.75) is 19.9 Å². The number of fused-ring (bicyclic) bond motifs is 1. The molecular formula is C11H12N6O. The lowest BCUT2D eigenvalue weighted by Crippen LogP contribution is -2.01. The highest BCUT2D eigenvalue weighted by atomic mass is 16.6. The van der Waals surface area contributed by atoms with Crippen molar-refractivity contribution in [1.29, 1.82) is 0 Å². The Morgan fingerprint density at radius 2 is 2.28 bits per heavy atom. The molecule has 7 nitrogen and oxygen atoms in total. The first-order valence-electron chi connectivity index (χ1n) is 5.70. The van der Waals surface area contributed by atoms with Crippen LogP contribution in [0.25, 0.3) is 22.6 Å². The molecule has 0 aliphatic carbocycles. The minimum absolute atomic E-state index is 0.246. The van der Waals surface area contributed by atoms with E-state index in [2.05, 4.69) is 31.8 Å². The Kier molecular flexibility index (Phi) is 2.44. The monoisotopic (exact) mass is 244 g/mol. The molecule has 3 aromatic rings. The van der Waals surface area contributed by atoms with Crippen LogP contribution in [0.1, 0.15) is 13.3 Å². The van der Waals surface area contributed by atoms with Gasteiger partial charge in [0.1, 0.15) is 5.52 Å². The van der Waals surface area contributed by atoms with Gasteiger partial charge in [0.25, 0.3) is 0 Å². The van der Waals surface area contributed by atoms with Crippen LogP contribution in [0, 0.1) is 0 Å². The molecule has 0 fully saturated rings. The van der Waals surface area contributed by atoms with Crippen LogP contribution in [0.2, 0.25) is 0 Å². The van der Waals surface area contributed by atoms with E-state index >= 15 is 0 Å². The fourth-order valence-electron chi connectivity index (χ4n) is 1.96. The number of rotatable bonds is 3. The standard InChI is InChI=1S/C11H12N6O/c1-2-5-17-8-3-4-13-6-7(8)14-11(17)9-10(12)16-18-15-9/h3-4,6H,2,5H2,1H3,(H2,12,16). The van der Waals surface area contributed by atoms with Gasteiger partial charge in [-0.15, -0.1) is 0 Å². The van der Waals surface area contributed by atoms with Crippen LogP contribution < -0.4 is 5.73 Å². The van der Waals surface area contributed by atoms with Crippen molar-refractivity contribution in [2.75, 3.05) is 5.73 Å². The van der Waals surface area contributed by atoms with E-state index in [4.69, 9.17) is 5.73 Å². The van der Waals surface area contributed by atoms with E-state index in [1.54, 1.807) is 12.4 Å². The third kappa shape index (κ3) is 1.52. The molecule has 0 unspecified atom stereocenters. The molecule has 0 amide bonds. The molecule has 0 atom stereocenters. The average molecular weight is 244 g/mol.